The molecule has 0 aliphatic carbocycles. The number of ether oxygens (including phenoxy) is 2. The Morgan fingerprint density at radius 1 is 1.44 bits per heavy atom. The van der Waals surface area contributed by atoms with Gasteiger partial charge in [0.1, 0.15) is 5.75 Å². The van der Waals surface area contributed by atoms with Gasteiger partial charge in [0.25, 0.3) is 6.43 Å². The number of carbonyl (C=O) groups excluding carboxylic acids is 1. The van der Waals surface area contributed by atoms with E-state index in [4.69, 9.17) is 4.74 Å². The number of benzene rings is 1. The van der Waals surface area contributed by atoms with Crippen molar-refractivity contribution in [2.24, 2.45) is 0 Å². The first-order valence-electron chi connectivity index (χ1n) is 5.32. The molecule has 0 amide bonds. The van der Waals surface area contributed by atoms with Crippen molar-refractivity contribution in [2.75, 3.05) is 13.7 Å². The summed E-state index contributed by atoms with van der Waals surface area (Å²) in [6.07, 6.45) is -4.33. The van der Waals surface area contributed by atoms with Crippen LogP contribution in [0.3, 0.4) is 0 Å². The van der Waals surface area contributed by atoms with E-state index in [9.17, 15) is 18.7 Å². The molecular formula is C12H14F2O4. The molecule has 0 radical (unpaired) electrons. The summed E-state index contributed by atoms with van der Waals surface area (Å²) in [5.74, 6) is -0.748. The lowest BCUT2D eigenvalue weighted by Crippen LogP contribution is -2.16. The van der Waals surface area contributed by atoms with Gasteiger partial charge in [-0.3, -0.25) is 0 Å². The molecule has 1 N–H and O–H groups in total. The fourth-order valence-electron chi connectivity index (χ4n) is 1.45. The van der Waals surface area contributed by atoms with Gasteiger partial charge in [-0.15, -0.1) is 0 Å². The number of halogens is 2. The Hall–Kier alpha value is -1.69. The van der Waals surface area contributed by atoms with Gasteiger partial charge in [0.05, 0.1) is 13.7 Å². The minimum absolute atomic E-state index is 0.0336. The second-order valence-electron chi connectivity index (χ2n) is 3.46. The fourth-order valence-corrected chi connectivity index (χ4v) is 1.45. The number of rotatable bonds is 5. The zero-order valence-corrected chi connectivity index (χ0v) is 10.0. The smallest absolute Gasteiger partial charge is 0.339 e. The zero-order valence-electron chi connectivity index (χ0n) is 10.0. The minimum Gasteiger partial charge on any atom is -0.496 e. The van der Waals surface area contributed by atoms with Gasteiger partial charge in [-0.2, -0.15) is 0 Å². The number of hydrogen-bond donors (Lipinski definition) is 1. The van der Waals surface area contributed by atoms with Crippen molar-refractivity contribution in [1.29, 1.82) is 0 Å². The molecule has 0 spiro atoms. The predicted octanol–water partition coefficient (Wildman–Crippen LogP) is 2.23. The molecular weight excluding hydrogens is 246 g/mol. The van der Waals surface area contributed by atoms with Crippen molar-refractivity contribution < 1.29 is 28.2 Å². The van der Waals surface area contributed by atoms with E-state index in [2.05, 4.69) is 4.74 Å². The van der Waals surface area contributed by atoms with Gasteiger partial charge < -0.3 is 14.6 Å². The number of carbonyl (C=O) groups is 1. The first kappa shape index (κ1) is 14.4. The Morgan fingerprint density at radius 2 is 2.11 bits per heavy atom. The molecule has 0 aliphatic heterocycles. The monoisotopic (exact) mass is 260 g/mol. The van der Waals surface area contributed by atoms with Crippen molar-refractivity contribution in [1.82, 2.24) is 0 Å². The summed E-state index contributed by atoms with van der Waals surface area (Å²) in [5.41, 5.74) is -0.331. The van der Waals surface area contributed by atoms with E-state index in [1.807, 2.05) is 0 Å². The van der Waals surface area contributed by atoms with Crippen LogP contribution in [0.15, 0.2) is 18.2 Å². The van der Waals surface area contributed by atoms with Crippen LogP contribution in [0.25, 0.3) is 0 Å². The molecule has 1 atom stereocenters. The molecule has 0 saturated carbocycles. The summed E-state index contributed by atoms with van der Waals surface area (Å²) in [6, 6.07) is 3.48. The van der Waals surface area contributed by atoms with Gasteiger partial charge in [0.15, 0.2) is 6.10 Å². The van der Waals surface area contributed by atoms with Crippen molar-refractivity contribution in [3.8, 4) is 5.75 Å². The van der Waals surface area contributed by atoms with Crippen LogP contribution in [0.5, 0.6) is 5.75 Å². The van der Waals surface area contributed by atoms with Gasteiger partial charge in [-0.25, -0.2) is 13.6 Å². The Bertz CT molecular complexity index is 421. The second kappa shape index (κ2) is 6.30. The van der Waals surface area contributed by atoms with Gasteiger partial charge in [0.2, 0.25) is 0 Å². The van der Waals surface area contributed by atoms with Crippen LogP contribution in [0.1, 0.15) is 30.6 Å². The normalized spacial score (nSPS) is 12.3. The van der Waals surface area contributed by atoms with E-state index in [-0.39, 0.29) is 23.5 Å². The summed E-state index contributed by atoms with van der Waals surface area (Å²) in [4.78, 5) is 11.4. The van der Waals surface area contributed by atoms with Gasteiger partial charge in [-0.1, -0.05) is 0 Å². The van der Waals surface area contributed by atoms with Crippen molar-refractivity contribution in [3.63, 3.8) is 0 Å². The molecule has 1 aromatic carbocycles. The Kier molecular flexibility index (Phi) is 5.03. The highest BCUT2D eigenvalue weighted by Gasteiger charge is 2.24. The quantitative estimate of drug-likeness (QED) is 0.825. The molecule has 0 bridgehead atoms. The third-order valence-electron chi connectivity index (χ3n) is 2.31. The van der Waals surface area contributed by atoms with Crippen LogP contribution >= 0.6 is 0 Å². The largest absolute Gasteiger partial charge is 0.496 e. The van der Waals surface area contributed by atoms with Gasteiger partial charge >= 0.3 is 5.97 Å². The SMILES string of the molecule is CCOC(=O)C(O)c1cc(C(F)F)ccc1OC. The van der Waals surface area contributed by atoms with E-state index < -0.39 is 18.5 Å². The average molecular weight is 260 g/mol. The highest BCUT2D eigenvalue weighted by atomic mass is 19.3. The number of alkyl halides is 2. The number of esters is 1. The zero-order chi connectivity index (χ0) is 13.7. The highest BCUT2D eigenvalue weighted by Crippen LogP contribution is 2.30. The summed E-state index contributed by atoms with van der Waals surface area (Å²) >= 11 is 0. The average Bonchev–Trinajstić information content (AvgIpc) is 2.37. The molecule has 0 saturated heterocycles. The molecule has 0 fully saturated rings. The molecule has 18 heavy (non-hydrogen) atoms. The van der Waals surface area contributed by atoms with Crippen molar-refractivity contribution in [3.05, 3.63) is 29.3 Å². The van der Waals surface area contributed by atoms with Crippen LogP contribution in [0, 0.1) is 0 Å². The third kappa shape index (κ3) is 3.16. The Labute approximate surface area is 103 Å². The topological polar surface area (TPSA) is 55.8 Å². The summed E-state index contributed by atoms with van der Waals surface area (Å²) in [7, 11) is 1.32. The maximum absolute atomic E-state index is 12.6. The molecule has 6 heteroatoms. The molecule has 100 valence electrons. The molecule has 1 unspecified atom stereocenters. The van der Waals surface area contributed by atoms with E-state index in [1.165, 1.54) is 19.2 Å². The highest BCUT2D eigenvalue weighted by molar-refractivity contribution is 5.77. The number of methoxy groups -OCH3 is 1. The van der Waals surface area contributed by atoms with Crippen LogP contribution < -0.4 is 4.74 Å². The molecule has 0 heterocycles. The maximum atomic E-state index is 12.6. The standard InChI is InChI=1S/C12H14F2O4/c1-3-18-12(16)10(15)8-6-7(11(13)14)4-5-9(8)17-2/h4-6,10-11,15H,3H2,1-2H3. The van der Waals surface area contributed by atoms with Crippen LogP contribution in [0.4, 0.5) is 8.78 Å². The Morgan fingerprint density at radius 3 is 2.61 bits per heavy atom. The van der Waals surface area contributed by atoms with Crippen molar-refractivity contribution in [2.45, 2.75) is 19.5 Å². The first-order chi connectivity index (χ1) is 8.51. The lowest BCUT2D eigenvalue weighted by molar-refractivity contribution is -0.153. The van der Waals surface area contributed by atoms with Crippen LogP contribution in [-0.4, -0.2) is 24.8 Å². The second-order valence-corrected chi connectivity index (χ2v) is 3.46. The Balaban J connectivity index is 3.11. The number of aliphatic hydroxyl groups is 1. The molecule has 1 aromatic rings. The lowest BCUT2D eigenvalue weighted by atomic mass is 10.0. The minimum atomic E-state index is -2.69. The van der Waals surface area contributed by atoms with E-state index in [0.29, 0.717) is 0 Å². The van der Waals surface area contributed by atoms with E-state index in [1.54, 1.807) is 6.92 Å². The van der Waals surface area contributed by atoms with Gasteiger partial charge in [0, 0.05) is 11.1 Å². The lowest BCUT2D eigenvalue weighted by Gasteiger charge is -2.15. The van der Waals surface area contributed by atoms with E-state index >= 15 is 0 Å². The first-order valence-corrected chi connectivity index (χ1v) is 5.32. The summed E-state index contributed by atoms with van der Waals surface area (Å²) in [5, 5.41) is 9.74. The van der Waals surface area contributed by atoms with Crippen LogP contribution in [-0.2, 0) is 9.53 Å². The molecule has 0 aliphatic rings. The summed E-state index contributed by atoms with van der Waals surface area (Å²) in [6.45, 7) is 1.67. The molecule has 4 nitrogen and oxygen atoms in total. The van der Waals surface area contributed by atoms with E-state index in [0.717, 1.165) is 6.07 Å². The van der Waals surface area contributed by atoms with Crippen LogP contribution in [0.2, 0.25) is 0 Å². The number of hydrogen-bond acceptors (Lipinski definition) is 4. The molecule has 1 rings (SSSR count). The third-order valence-corrected chi connectivity index (χ3v) is 2.31. The predicted molar refractivity (Wildman–Crippen MR) is 59.5 cm³/mol. The fraction of sp³-hybridized carbons (Fsp3) is 0.417. The maximum Gasteiger partial charge on any atom is 0.339 e. The number of aliphatic hydroxyl groups excluding tert-OH is 1. The van der Waals surface area contributed by atoms with Gasteiger partial charge in [-0.05, 0) is 25.1 Å². The van der Waals surface area contributed by atoms with Crippen molar-refractivity contribution >= 4 is 5.97 Å². The summed E-state index contributed by atoms with van der Waals surface area (Å²) < 4.78 is 34.7. The molecule has 0 aromatic heterocycles.